The Labute approximate surface area is 155 Å². The molecule has 0 saturated carbocycles. The first-order valence-electron chi connectivity index (χ1n) is 9.91. The Morgan fingerprint density at radius 2 is 1.85 bits per heavy atom. The van der Waals surface area contributed by atoms with Crippen molar-refractivity contribution in [1.29, 1.82) is 0 Å². The normalized spacial score (nSPS) is 25.7. The summed E-state index contributed by atoms with van der Waals surface area (Å²) in [6.07, 6.45) is 5.09. The molecule has 0 aliphatic carbocycles. The second-order valence-corrected chi connectivity index (χ2v) is 7.69. The van der Waals surface area contributed by atoms with Crippen LogP contribution in [0, 0.1) is 6.92 Å². The molecule has 1 unspecified atom stereocenters. The van der Waals surface area contributed by atoms with Gasteiger partial charge in [0.05, 0.1) is 25.8 Å². The lowest BCUT2D eigenvalue weighted by molar-refractivity contribution is -0.132. The second-order valence-electron chi connectivity index (χ2n) is 7.69. The van der Waals surface area contributed by atoms with Crippen LogP contribution in [0.2, 0.25) is 0 Å². The van der Waals surface area contributed by atoms with Gasteiger partial charge in [0.25, 0.3) is 0 Å². The standard InChI is InChI=1S/C19H30N4O3/c1-15-12-20-19(16-3-8-25-9-4-16)23(15)17-2-5-22(13-17)18(24)14-21-6-10-26-11-7-21/h12,16-17H,2-11,13-14H2,1H3. The second kappa shape index (κ2) is 8.06. The van der Waals surface area contributed by atoms with Gasteiger partial charge in [-0.3, -0.25) is 9.69 Å². The van der Waals surface area contributed by atoms with Crippen LogP contribution in [0.15, 0.2) is 6.20 Å². The van der Waals surface area contributed by atoms with E-state index in [1.54, 1.807) is 0 Å². The number of amides is 1. The monoisotopic (exact) mass is 362 g/mol. The Bertz CT molecular complexity index is 620. The summed E-state index contributed by atoms with van der Waals surface area (Å²) >= 11 is 0. The van der Waals surface area contributed by atoms with Gasteiger partial charge in [0.2, 0.25) is 5.91 Å². The van der Waals surface area contributed by atoms with Crippen molar-refractivity contribution in [1.82, 2.24) is 19.4 Å². The Hall–Kier alpha value is -1.44. The summed E-state index contributed by atoms with van der Waals surface area (Å²) in [5.41, 5.74) is 1.21. The van der Waals surface area contributed by atoms with E-state index in [1.165, 1.54) is 11.5 Å². The van der Waals surface area contributed by atoms with E-state index in [4.69, 9.17) is 14.5 Å². The Kier molecular flexibility index (Phi) is 5.57. The van der Waals surface area contributed by atoms with E-state index in [0.29, 0.717) is 18.5 Å². The zero-order chi connectivity index (χ0) is 17.9. The van der Waals surface area contributed by atoms with Crippen LogP contribution in [-0.2, 0) is 14.3 Å². The number of likely N-dealkylation sites (tertiary alicyclic amines) is 1. The highest BCUT2D eigenvalue weighted by atomic mass is 16.5. The molecule has 3 aliphatic rings. The number of aromatic nitrogens is 2. The van der Waals surface area contributed by atoms with Crippen LogP contribution in [-0.4, -0.2) is 84.4 Å². The molecule has 4 heterocycles. The van der Waals surface area contributed by atoms with Crippen LogP contribution in [0.1, 0.15) is 42.7 Å². The SMILES string of the molecule is Cc1cnc(C2CCOCC2)n1C1CCN(C(=O)CN2CCOCC2)C1. The van der Waals surface area contributed by atoms with Gasteiger partial charge in [-0.15, -0.1) is 0 Å². The minimum absolute atomic E-state index is 0.250. The van der Waals surface area contributed by atoms with Gasteiger partial charge in [-0.05, 0) is 26.2 Å². The largest absolute Gasteiger partial charge is 0.381 e. The third-order valence-corrected chi connectivity index (χ3v) is 5.94. The average molecular weight is 362 g/mol. The van der Waals surface area contributed by atoms with Crippen LogP contribution in [0.5, 0.6) is 0 Å². The number of carbonyl (C=O) groups excluding carboxylic acids is 1. The summed E-state index contributed by atoms with van der Waals surface area (Å²) in [6.45, 7) is 9.14. The quantitative estimate of drug-likeness (QED) is 0.805. The minimum Gasteiger partial charge on any atom is -0.381 e. The molecule has 1 aromatic rings. The molecular formula is C19H30N4O3. The highest BCUT2D eigenvalue weighted by Gasteiger charge is 2.32. The van der Waals surface area contributed by atoms with Crippen molar-refractivity contribution < 1.29 is 14.3 Å². The van der Waals surface area contributed by atoms with Crippen molar-refractivity contribution >= 4 is 5.91 Å². The molecule has 3 saturated heterocycles. The molecule has 7 nitrogen and oxygen atoms in total. The van der Waals surface area contributed by atoms with E-state index in [2.05, 4.69) is 16.4 Å². The van der Waals surface area contributed by atoms with E-state index in [-0.39, 0.29) is 5.91 Å². The van der Waals surface area contributed by atoms with Crippen LogP contribution in [0.25, 0.3) is 0 Å². The Morgan fingerprint density at radius 3 is 2.62 bits per heavy atom. The first-order chi connectivity index (χ1) is 12.7. The van der Waals surface area contributed by atoms with Crippen molar-refractivity contribution in [3.63, 3.8) is 0 Å². The summed E-state index contributed by atoms with van der Waals surface area (Å²) in [4.78, 5) is 21.7. The molecule has 0 radical (unpaired) electrons. The molecule has 1 atom stereocenters. The smallest absolute Gasteiger partial charge is 0.236 e. The van der Waals surface area contributed by atoms with Gasteiger partial charge < -0.3 is 18.9 Å². The maximum atomic E-state index is 12.7. The van der Waals surface area contributed by atoms with Gasteiger partial charge in [-0.25, -0.2) is 4.98 Å². The summed E-state index contributed by atoms with van der Waals surface area (Å²) in [6, 6.07) is 0.351. The van der Waals surface area contributed by atoms with Gasteiger partial charge in [0.15, 0.2) is 0 Å². The Morgan fingerprint density at radius 1 is 1.12 bits per heavy atom. The number of morpholine rings is 1. The molecule has 1 aromatic heterocycles. The maximum Gasteiger partial charge on any atom is 0.236 e. The number of nitrogens with zero attached hydrogens (tertiary/aromatic N) is 4. The van der Waals surface area contributed by atoms with Crippen LogP contribution < -0.4 is 0 Å². The number of imidazole rings is 1. The number of carbonyl (C=O) groups is 1. The molecule has 7 heteroatoms. The first-order valence-corrected chi connectivity index (χ1v) is 9.91. The number of rotatable bonds is 4. The lowest BCUT2D eigenvalue weighted by Gasteiger charge is -2.28. The number of ether oxygens (including phenoxy) is 2. The van der Waals surface area contributed by atoms with Gasteiger partial charge in [-0.1, -0.05) is 0 Å². The molecular weight excluding hydrogens is 332 g/mol. The molecule has 4 rings (SSSR count). The third kappa shape index (κ3) is 3.80. The number of aryl methyl sites for hydroxylation is 1. The molecule has 26 heavy (non-hydrogen) atoms. The number of hydrogen-bond acceptors (Lipinski definition) is 5. The van der Waals surface area contributed by atoms with Crippen LogP contribution >= 0.6 is 0 Å². The fraction of sp³-hybridized carbons (Fsp3) is 0.789. The van der Waals surface area contributed by atoms with E-state index >= 15 is 0 Å². The van der Waals surface area contributed by atoms with Crippen molar-refractivity contribution in [2.45, 2.75) is 38.1 Å². The Balaban J connectivity index is 1.40. The van der Waals surface area contributed by atoms with Crippen molar-refractivity contribution in [2.24, 2.45) is 0 Å². The maximum absolute atomic E-state index is 12.7. The molecule has 0 spiro atoms. The summed E-state index contributed by atoms with van der Waals surface area (Å²) in [5.74, 6) is 1.92. The van der Waals surface area contributed by atoms with E-state index < -0.39 is 0 Å². The molecule has 3 fully saturated rings. The van der Waals surface area contributed by atoms with Crippen molar-refractivity contribution in [2.75, 3.05) is 59.2 Å². The van der Waals surface area contributed by atoms with Crippen molar-refractivity contribution in [3.8, 4) is 0 Å². The fourth-order valence-electron chi connectivity index (χ4n) is 4.43. The molecule has 0 bridgehead atoms. The topological polar surface area (TPSA) is 59.8 Å². The van der Waals surface area contributed by atoms with Gasteiger partial charge >= 0.3 is 0 Å². The molecule has 144 valence electrons. The zero-order valence-corrected chi connectivity index (χ0v) is 15.7. The zero-order valence-electron chi connectivity index (χ0n) is 15.7. The van der Waals surface area contributed by atoms with Gasteiger partial charge in [0, 0.05) is 57.2 Å². The summed E-state index contributed by atoms with van der Waals surface area (Å²) in [7, 11) is 0. The first kappa shape index (κ1) is 17.9. The highest BCUT2D eigenvalue weighted by Crippen LogP contribution is 2.32. The van der Waals surface area contributed by atoms with E-state index in [1.807, 2.05) is 11.1 Å². The van der Waals surface area contributed by atoms with Gasteiger partial charge in [0.1, 0.15) is 5.82 Å². The van der Waals surface area contributed by atoms with Gasteiger partial charge in [-0.2, -0.15) is 0 Å². The van der Waals surface area contributed by atoms with E-state index in [9.17, 15) is 4.79 Å². The summed E-state index contributed by atoms with van der Waals surface area (Å²) < 4.78 is 13.3. The van der Waals surface area contributed by atoms with Crippen LogP contribution in [0.3, 0.4) is 0 Å². The summed E-state index contributed by atoms with van der Waals surface area (Å²) in [5, 5.41) is 0. The predicted molar refractivity (Wildman–Crippen MR) is 97.3 cm³/mol. The molecule has 0 aromatic carbocycles. The lowest BCUT2D eigenvalue weighted by Crippen LogP contribution is -2.44. The molecule has 0 N–H and O–H groups in total. The van der Waals surface area contributed by atoms with Crippen LogP contribution in [0.4, 0.5) is 0 Å². The minimum atomic E-state index is 0.250. The lowest BCUT2D eigenvalue weighted by atomic mass is 9.99. The average Bonchev–Trinajstić information content (AvgIpc) is 3.30. The predicted octanol–water partition coefficient (Wildman–Crippen LogP) is 1.19. The molecule has 1 amide bonds. The molecule has 3 aliphatic heterocycles. The third-order valence-electron chi connectivity index (χ3n) is 5.94. The number of hydrogen-bond donors (Lipinski definition) is 0. The van der Waals surface area contributed by atoms with Crippen molar-refractivity contribution in [3.05, 3.63) is 17.7 Å². The fourth-order valence-corrected chi connectivity index (χ4v) is 4.43. The highest BCUT2D eigenvalue weighted by molar-refractivity contribution is 5.78. The van der Waals surface area contributed by atoms with E-state index in [0.717, 1.165) is 71.9 Å².